The molecule has 1 aliphatic carbocycles. The summed E-state index contributed by atoms with van der Waals surface area (Å²) in [7, 11) is 0. The van der Waals surface area contributed by atoms with E-state index in [4.69, 9.17) is 10.5 Å². The minimum absolute atomic E-state index is 0.473. The first-order valence-corrected chi connectivity index (χ1v) is 5.90. The van der Waals surface area contributed by atoms with Gasteiger partial charge in [-0.2, -0.15) is 0 Å². The van der Waals surface area contributed by atoms with Crippen LogP contribution in [-0.4, -0.2) is 42.3 Å². The van der Waals surface area contributed by atoms with E-state index in [-0.39, 0.29) is 0 Å². The second-order valence-electron chi connectivity index (χ2n) is 5.23. The van der Waals surface area contributed by atoms with Gasteiger partial charge in [0.2, 0.25) is 0 Å². The van der Waals surface area contributed by atoms with Crippen LogP contribution in [0.15, 0.2) is 0 Å². The Morgan fingerprint density at radius 2 is 1.86 bits per heavy atom. The Balaban J connectivity index is 1.60. The molecule has 2 aliphatic heterocycles. The van der Waals surface area contributed by atoms with Crippen molar-refractivity contribution in [3.63, 3.8) is 0 Å². The lowest BCUT2D eigenvalue weighted by molar-refractivity contribution is -0.209. The first kappa shape index (κ1) is 9.13. The predicted molar refractivity (Wildman–Crippen MR) is 55.1 cm³/mol. The zero-order valence-corrected chi connectivity index (χ0v) is 8.74. The number of ether oxygens (including phenoxy) is 1. The van der Waals surface area contributed by atoms with E-state index in [1.807, 2.05) is 0 Å². The van der Waals surface area contributed by atoms with Crippen LogP contribution in [0.4, 0.5) is 0 Å². The molecule has 3 heteroatoms. The van der Waals surface area contributed by atoms with Gasteiger partial charge >= 0.3 is 0 Å². The molecule has 80 valence electrons. The molecule has 0 amide bonds. The molecule has 1 saturated carbocycles. The molecule has 0 aromatic carbocycles. The zero-order valence-electron chi connectivity index (χ0n) is 8.74. The Labute approximate surface area is 85.6 Å². The quantitative estimate of drug-likeness (QED) is 0.672. The summed E-state index contributed by atoms with van der Waals surface area (Å²) in [6, 6.07) is 1.29. The Bertz CT molecular complexity index is 214. The molecule has 3 rings (SSSR count). The summed E-state index contributed by atoms with van der Waals surface area (Å²) in [5.41, 5.74) is 6.41. The van der Waals surface area contributed by atoms with Gasteiger partial charge in [-0.05, 0) is 32.1 Å². The largest absolute Gasteiger partial charge is 0.377 e. The van der Waals surface area contributed by atoms with Crippen molar-refractivity contribution in [3.05, 3.63) is 0 Å². The summed E-state index contributed by atoms with van der Waals surface area (Å²) in [4.78, 5) is 2.70. The highest BCUT2D eigenvalue weighted by Gasteiger charge is 2.53. The summed E-state index contributed by atoms with van der Waals surface area (Å²) < 4.78 is 5.36. The molecule has 0 radical (unpaired) electrons. The summed E-state index contributed by atoms with van der Waals surface area (Å²) in [6.45, 7) is 3.26. The van der Waals surface area contributed by atoms with Gasteiger partial charge in [-0.3, -0.25) is 4.90 Å². The molecule has 3 nitrogen and oxygen atoms in total. The Morgan fingerprint density at radius 3 is 2.29 bits per heavy atom. The van der Waals surface area contributed by atoms with E-state index in [2.05, 4.69) is 4.90 Å². The molecular weight excluding hydrogens is 176 g/mol. The number of rotatable bonds is 1. The van der Waals surface area contributed by atoms with E-state index >= 15 is 0 Å². The Morgan fingerprint density at radius 1 is 1.14 bits per heavy atom. The first-order valence-electron chi connectivity index (χ1n) is 5.90. The fraction of sp³-hybridized carbons (Fsp3) is 1.00. The van der Waals surface area contributed by atoms with Crippen molar-refractivity contribution in [2.75, 3.05) is 19.8 Å². The summed E-state index contributed by atoms with van der Waals surface area (Å²) in [5.74, 6) is 0. The summed E-state index contributed by atoms with van der Waals surface area (Å²) >= 11 is 0. The smallest absolute Gasteiger partial charge is 0.0693 e. The Kier molecular flexibility index (Phi) is 2.08. The van der Waals surface area contributed by atoms with E-state index in [1.165, 1.54) is 38.6 Å². The number of hydrogen-bond acceptors (Lipinski definition) is 3. The molecule has 0 bridgehead atoms. The molecule has 14 heavy (non-hydrogen) atoms. The highest BCUT2D eigenvalue weighted by molar-refractivity contribution is 5.07. The van der Waals surface area contributed by atoms with Crippen LogP contribution in [0.5, 0.6) is 0 Å². The number of hydrogen-bond donors (Lipinski definition) is 1. The third kappa shape index (κ3) is 1.23. The van der Waals surface area contributed by atoms with Gasteiger partial charge in [0.05, 0.1) is 18.8 Å². The molecular formula is C11H20N2O. The van der Waals surface area contributed by atoms with Gasteiger partial charge in [-0.15, -0.1) is 0 Å². The fourth-order valence-corrected chi connectivity index (χ4v) is 3.19. The van der Waals surface area contributed by atoms with Gasteiger partial charge in [-0.25, -0.2) is 0 Å². The highest BCUT2D eigenvalue weighted by atomic mass is 16.5. The van der Waals surface area contributed by atoms with Gasteiger partial charge in [0.1, 0.15) is 0 Å². The van der Waals surface area contributed by atoms with E-state index in [0.29, 0.717) is 11.6 Å². The van der Waals surface area contributed by atoms with Gasteiger partial charge in [0.15, 0.2) is 0 Å². The normalized spacial score (nSPS) is 41.8. The fourth-order valence-electron chi connectivity index (χ4n) is 3.19. The molecule has 2 saturated heterocycles. The van der Waals surface area contributed by atoms with Crippen molar-refractivity contribution < 1.29 is 4.74 Å². The van der Waals surface area contributed by atoms with E-state index in [1.54, 1.807) is 0 Å². The van der Waals surface area contributed by atoms with Crippen molar-refractivity contribution in [1.82, 2.24) is 4.90 Å². The number of nitrogens with zero attached hydrogens (tertiary/aromatic N) is 1. The minimum Gasteiger partial charge on any atom is -0.377 e. The molecule has 3 fully saturated rings. The third-order valence-electron chi connectivity index (χ3n) is 4.35. The van der Waals surface area contributed by atoms with Crippen molar-refractivity contribution in [2.24, 2.45) is 5.73 Å². The number of likely N-dealkylation sites (tertiary alicyclic amines) is 1. The average Bonchev–Trinajstić information content (AvgIpc) is 2.04. The molecule has 0 atom stereocenters. The second-order valence-corrected chi connectivity index (χ2v) is 5.23. The predicted octanol–water partition coefficient (Wildman–Crippen LogP) is 0.731. The van der Waals surface area contributed by atoms with E-state index in [9.17, 15) is 0 Å². The van der Waals surface area contributed by atoms with Gasteiger partial charge in [-0.1, -0.05) is 0 Å². The van der Waals surface area contributed by atoms with Crippen molar-refractivity contribution >= 4 is 0 Å². The standard InChI is InChI=1S/C11H20N2O/c12-9-1-3-10(4-2-9)13-6-5-11(13)7-14-8-11/h9-10H,1-8,12H2. The summed E-state index contributed by atoms with van der Waals surface area (Å²) in [6.07, 6.45) is 6.41. The maximum Gasteiger partial charge on any atom is 0.0693 e. The molecule has 1 spiro atoms. The molecule has 2 N–H and O–H groups in total. The van der Waals surface area contributed by atoms with Crippen molar-refractivity contribution in [3.8, 4) is 0 Å². The van der Waals surface area contributed by atoms with Crippen LogP contribution in [-0.2, 0) is 4.74 Å². The SMILES string of the molecule is NC1CCC(N2CCC23COC3)CC1. The zero-order chi connectivity index (χ0) is 9.60. The summed E-state index contributed by atoms with van der Waals surface area (Å²) in [5, 5.41) is 0. The highest BCUT2D eigenvalue weighted by Crippen LogP contribution is 2.41. The van der Waals surface area contributed by atoms with Crippen LogP contribution >= 0.6 is 0 Å². The van der Waals surface area contributed by atoms with E-state index in [0.717, 1.165) is 19.3 Å². The topological polar surface area (TPSA) is 38.5 Å². The second kappa shape index (κ2) is 3.19. The van der Waals surface area contributed by atoms with E-state index < -0.39 is 0 Å². The maximum atomic E-state index is 5.93. The van der Waals surface area contributed by atoms with Crippen LogP contribution in [0, 0.1) is 0 Å². The lowest BCUT2D eigenvalue weighted by Crippen LogP contribution is -2.73. The van der Waals surface area contributed by atoms with Gasteiger partial charge in [0, 0.05) is 18.6 Å². The first-order chi connectivity index (χ1) is 6.80. The maximum absolute atomic E-state index is 5.93. The van der Waals surface area contributed by atoms with Crippen LogP contribution < -0.4 is 5.73 Å². The van der Waals surface area contributed by atoms with Crippen molar-refractivity contribution in [2.45, 2.75) is 49.7 Å². The molecule has 0 aromatic heterocycles. The van der Waals surface area contributed by atoms with Crippen LogP contribution in [0.1, 0.15) is 32.1 Å². The monoisotopic (exact) mass is 196 g/mol. The van der Waals surface area contributed by atoms with Crippen LogP contribution in [0.2, 0.25) is 0 Å². The van der Waals surface area contributed by atoms with Gasteiger partial charge in [0.25, 0.3) is 0 Å². The van der Waals surface area contributed by atoms with Gasteiger partial charge < -0.3 is 10.5 Å². The molecule has 3 aliphatic rings. The lowest BCUT2D eigenvalue weighted by atomic mass is 9.78. The molecule has 0 unspecified atom stereocenters. The number of nitrogens with two attached hydrogens (primary N) is 1. The van der Waals surface area contributed by atoms with Crippen molar-refractivity contribution in [1.29, 1.82) is 0 Å². The van der Waals surface area contributed by atoms with Crippen LogP contribution in [0.25, 0.3) is 0 Å². The molecule has 0 aromatic rings. The molecule has 2 heterocycles. The minimum atomic E-state index is 0.473. The lowest BCUT2D eigenvalue weighted by Gasteiger charge is -2.61. The van der Waals surface area contributed by atoms with Crippen LogP contribution in [0.3, 0.4) is 0 Å². The third-order valence-corrected chi connectivity index (χ3v) is 4.35. The Hall–Kier alpha value is -0.120. The average molecular weight is 196 g/mol.